The lowest BCUT2D eigenvalue weighted by atomic mass is 9.95. The van der Waals surface area contributed by atoms with Crippen molar-refractivity contribution in [2.75, 3.05) is 37.4 Å². The molecule has 28 heavy (non-hydrogen) atoms. The van der Waals surface area contributed by atoms with Crippen LogP contribution in [0.5, 0.6) is 5.75 Å². The molecule has 3 rings (SSSR count). The maximum absolute atomic E-state index is 12.2. The van der Waals surface area contributed by atoms with Crippen molar-refractivity contribution in [3.8, 4) is 5.75 Å². The molecule has 1 aromatic carbocycles. The van der Waals surface area contributed by atoms with E-state index in [4.69, 9.17) is 9.73 Å². The molecule has 2 atom stereocenters. The highest BCUT2D eigenvalue weighted by Gasteiger charge is 2.24. The van der Waals surface area contributed by atoms with Crippen molar-refractivity contribution in [1.29, 1.82) is 0 Å². The fraction of sp³-hybridized carbons (Fsp3) is 0.619. The van der Waals surface area contributed by atoms with Crippen LogP contribution in [0.25, 0.3) is 0 Å². The van der Waals surface area contributed by atoms with E-state index in [0.29, 0.717) is 19.1 Å². The molecule has 0 aromatic heterocycles. The van der Waals surface area contributed by atoms with Gasteiger partial charge in [0.2, 0.25) is 0 Å². The molecule has 1 amide bonds. The summed E-state index contributed by atoms with van der Waals surface area (Å²) >= 11 is 1.97. The van der Waals surface area contributed by atoms with Crippen molar-refractivity contribution in [3.05, 3.63) is 24.3 Å². The van der Waals surface area contributed by atoms with Crippen LogP contribution in [0, 0.1) is 0 Å². The predicted octanol–water partition coefficient (Wildman–Crippen LogP) is 3.03. The Morgan fingerprint density at radius 2 is 2.21 bits per heavy atom. The standard InChI is InChI=1S/C21H32N4O2S/c1-3-22-21(24-16-8-6-9-17(14-16)28-2)23-12-7-13-25-18-10-4-5-11-19(18)27-15-20(25)26/h4-5,10-11,16-17H,3,6-9,12-15H2,1-2H3,(H2,22,23,24). The van der Waals surface area contributed by atoms with Crippen molar-refractivity contribution in [2.24, 2.45) is 4.99 Å². The van der Waals surface area contributed by atoms with E-state index in [-0.39, 0.29) is 12.5 Å². The summed E-state index contributed by atoms with van der Waals surface area (Å²) in [6, 6.07) is 8.21. The van der Waals surface area contributed by atoms with Crippen LogP contribution >= 0.6 is 11.8 Å². The van der Waals surface area contributed by atoms with Crippen molar-refractivity contribution < 1.29 is 9.53 Å². The Morgan fingerprint density at radius 3 is 3.04 bits per heavy atom. The molecule has 154 valence electrons. The summed E-state index contributed by atoms with van der Waals surface area (Å²) < 4.78 is 5.50. The molecule has 2 N–H and O–H groups in total. The van der Waals surface area contributed by atoms with Crippen LogP contribution < -0.4 is 20.3 Å². The normalized spacial score (nSPS) is 22.4. The molecule has 0 radical (unpaired) electrons. The van der Waals surface area contributed by atoms with Crippen molar-refractivity contribution in [2.45, 2.75) is 50.3 Å². The lowest BCUT2D eigenvalue weighted by Gasteiger charge is -2.30. The molecule has 1 aliphatic carbocycles. The quantitative estimate of drug-likeness (QED) is 0.415. The monoisotopic (exact) mass is 404 g/mol. The van der Waals surface area contributed by atoms with Crippen LogP contribution in [0.3, 0.4) is 0 Å². The van der Waals surface area contributed by atoms with Crippen LogP contribution in [-0.4, -0.2) is 55.7 Å². The van der Waals surface area contributed by atoms with E-state index >= 15 is 0 Å². The van der Waals surface area contributed by atoms with Crippen LogP contribution in [0.4, 0.5) is 5.69 Å². The van der Waals surface area contributed by atoms with Gasteiger partial charge in [0.15, 0.2) is 12.6 Å². The number of thioether (sulfide) groups is 1. The summed E-state index contributed by atoms with van der Waals surface area (Å²) in [4.78, 5) is 18.8. The smallest absolute Gasteiger partial charge is 0.265 e. The van der Waals surface area contributed by atoms with Gasteiger partial charge in [0.25, 0.3) is 5.91 Å². The second kappa shape index (κ2) is 10.6. The number of anilines is 1. The fourth-order valence-electron chi connectivity index (χ4n) is 3.82. The van der Waals surface area contributed by atoms with E-state index < -0.39 is 0 Å². The number of hydrogen-bond acceptors (Lipinski definition) is 4. The fourth-order valence-corrected chi connectivity index (χ4v) is 4.65. The number of guanidine groups is 1. The zero-order chi connectivity index (χ0) is 19.8. The number of carbonyl (C=O) groups excluding carboxylic acids is 1. The maximum atomic E-state index is 12.2. The molecule has 0 saturated heterocycles. The Bertz CT molecular complexity index is 682. The summed E-state index contributed by atoms with van der Waals surface area (Å²) in [5.74, 6) is 1.68. The first kappa shape index (κ1) is 20.8. The number of amides is 1. The van der Waals surface area contributed by atoms with E-state index in [1.807, 2.05) is 40.9 Å². The van der Waals surface area contributed by atoms with Gasteiger partial charge in [-0.3, -0.25) is 9.79 Å². The molecule has 1 aromatic rings. The van der Waals surface area contributed by atoms with E-state index in [1.165, 1.54) is 25.7 Å². The van der Waals surface area contributed by atoms with E-state index in [0.717, 1.165) is 35.6 Å². The van der Waals surface area contributed by atoms with E-state index in [2.05, 4.69) is 23.8 Å². The number of rotatable bonds is 7. The number of nitrogens with zero attached hydrogens (tertiary/aromatic N) is 2. The maximum Gasteiger partial charge on any atom is 0.265 e. The lowest BCUT2D eigenvalue weighted by Crippen LogP contribution is -2.45. The Balaban J connectivity index is 1.52. The van der Waals surface area contributed by atoms with Crippen LogP contribution in [-0.2, 0) is 4.79 Å². The molecule has 1 fully saturated rings. The van der Waals surface area contributed by atoms with Gasteiger partial charge in [-0.25, -0.2) is 0 Å². The average Bonchev–Trinajstić information content (AvgIpc) is 2.72. The molecule has 1 aliphatic heterocycles. The lowest BCUT2D eigenvalue weighted by molar-refractivity contribution is -0.121. The number of benzene rings is 1. The van der Waals surface area contributed by atoms with Crippen molar-refractivity contribution in [1.82, 2.24) is 10.6 Å². The zero-order valence-corrected chi connectivity index (χ0v) is 17.8. The molecular formula is C21H32N4O2S. The van der Waals surface area contributed by atoms with Gasteiger partial charge in [-0.15, -0.1) is 0 Å². The van der Waals surface area contributed by atoms with Gasteiger partial charge in [-0.05, 0) is 51.0 Å². The first-order valence-electron chi connectivity index (χ1n) is 10.3. The Kier molecular flexibility index (Phi) is 7.89. The molecular weight excluding hydrogens is 372 g/mol. The van der Waals surface area contributed by atoms with Crippen molar-refractivity contribution in [3.63, 3.8) is 0 Å². The highest BCUT2D eigenvalue weighted by atomic mass is 32.2. The van der Waals surface area contributed by atoms with Gasteiger partial charge in [-0.1, -0.05) is 18.6 Å². The predicted molar refractivity (Wildman–Crippen MR) is 118 cm³/mol. The van der Waals surface area contributed by atoms with Crippen LogP contribution in [0.2, 0.25) is 0 Å². The Morgan fingerprint density at radius 1 is 1.36 bits per heavy atom. The number of fused-ring (bicyclic) bond motifs is 1. The Hall–Kier alpha value is -1.89. The zero-order valence-electron chi connectivity index (χ0n) is 16.9. The number of hydrogen-bond donors (Lipinski definition) is 2. The number of ether oxygens (including phenoxy) is 1. The molecule has 2 aliphatic rings. The number of nitrogens with one attached hydrogen (secondary N) is 2. The largest absolute Gasteiger partial charge is 0.482 e. The van der Waals surface area contributed by atoms with Gasteiger partial charge in [0, 0.05) is 30.9 Å². The third-order valence-corrected chi connectivity index (χ3v) is 6.36. The molecule has 0 spiro atoms. The Labute approximate surface area is 172 Å². The van der Waals surface area contributed by atoms with Crippen LogP contribution in [0.1, 0.15) is 39.0 Å². The third kappa shape index (κ3) is 5.56. The van der Waals surface area contributed by atoms with Gasteiger partial charge in [0.1, 0.15) is 5.75 Å². The summed E-state index contributed by atoms with van der Waals surface area (Å²) in [6.45, 7) is 4.38. The van der Waals surface area contributed by atoms with Gasteiger partial charge < -0.3 is 20.3 Å². The second-order valence-electron chi connectivity index (χ2n) is 7.28. The number of para-hydroxylation sites is 2. The van der Waals surface area contributed by atoms with Gasteiger partial charge in [0.05, 0.1) is 5.69 Å². The van der Waals surface area contributed by atoms with E-state index in [9.17, 15) is 4.79 Å². The highest BCUT2D eigenvalue weighted by molar-refractivity contribution is 7.99. The molecule has 7 heteroatoms. The SMILES string of the molecule is CCNC(=NCCCN1C(=O)COc2ccccc21)NC1CCCC(SC)C1. The third-order valence-electron chi connectivity index (χ3n) is 5.26. The minimum absolute atomic E-state index is 0.0121. The molecule has 2 unspecified atom stereocenters. The highest BCUT2D eigenvalue weighted by Crippen LogP contribution is 2.31. The summed E-state index contributed by atoms with van der Waals surface area (Å²) in [7, 11) is 0. The molecule has 0 bridgehead atoms. The van der Waals surface area contributed by atoms with Gasteiger partial charge in [-0.2, -0.15) is 11.8 Å². The van der Waals surface area contributed by atoms with E-state index in [1.54, 1.807) is 0 Å². The topological polar surface area (TPSA) is 66.0 Å². The molecule has 1 heterocycles. The summed E-state index contributed by atoms with van der Waals surface area (Å²) in [5, 5.41) is 7.72. The minimum atomic E-state index is 0.0121. The first-order chi connectivity index (χ1) is 13.7. The summed E-state index contributed by atoms with van der Waals surface area (Å²) in [5.41, 5.74) is 0.859. The average molecular weight is 405 g/mol. The minimum Gasteiger partial charge on any atom is -0.482 e. The van der Waals surface area contributed by atoms with Crippen LogP contribution in [0.15, 0.2) is 29.3 Å². The number of carbonyl (C=O) groups is 1. The molecule has 6 nitrogen and oxygen atoms in total. The molecule has 1 saturated carbocycles. The second-order valence-corrected chi connectivity index (χ2v) is 8.42. The van der Waals surface area contributed by atoms with Crippen molar-refractivity contribution >= 4 is 29.3 Å². The number of aliphatic imine (C=N–C) groups is 1. The van der Waals surface area contributed by atoms with Gasteiger partial charge >= 0.3 is 0 Å². The first-order valence-corrected chi connectivity index (χ1v) is 11.6. The summed E-state index contributed by atoms with van der Waals surface area (Å²) in [6.07, 6.45) is 8.03.